The van der Waals surface area contributed by atoms with Gasteiger partial charge in [0.05, 0.1) is 11.7 Å². The van der Waals surface area contributed by atoms with Crippen molar-refractivity contribution < 1.29 is 4.42 Å². The van der Waals surface area contributed by atoms with Crippen LogP contribution in [-0.2, 0) is 0 Å². The molecule has 0 aliphatic carbocycles. The van der Waals surface area contributed by atoms with Gasteiger partial charge in [-0.15, -0.1) is 0 Å². The van der Waals surface area contributed by atoms with Crippen LogP contribution < -0.4 is 5.32 Å². The number of benzene rings is 1. The Bertz CT molecular complexity index is 670. The Hall–Kier alpha value is -2.56. The highest BCUT2D eigenvalue weighted by molar-refractivity contribution is 5.62. The summed E-state index contributed by atoms with van der Waals surface area (Å²) in [4.78, 5) is 4.31. The second kappa shape index (κ2) is 5.21. The van der Waals surface area contributed by atoms with E-state index in [0.717, 1.165) is 22.6 Å². The molecular formula is C15H16N4O. The molecule has 5 nitrogen and oxygen atoms in total. The molecule has 2 N–H and O–H groups in total. The summed E-state index contributed by atoms with van der Waals surface area (Å²) >= 11 is 0. The van der Waals surface area contributed by atoms with Crippen LogP contribution in [0.1, 0.15) is 24.6 Å². The molecule has 102 valence electrons. The van der Waals surface area contributed by atoms with Crippen LogP contribution in [0.2, 0.25) is 0 Å². The van der Waals surface area contributed by atoms with E-state index in [1.165, 1.54) is 0 Å². The smallest absolute Gasteiger partial charge is 0.191 e. The van der Waals surface area contributed by atoms with Crippen molar-refractivity contribution in [1.29, 1.82) is 0 Å². The number of aryl methyl sites for hydroxylation is 1. The molecule has 3 aromatic rings. The number of nitrogens with zero attached hydrogens (tertiary/aromatic N) is 2. The van der Waals surface area contributed by atoms with Crippen LogP contribution in [0.25, 0.3) is 11.3 Å². The molecule has 0 bridgehead atoms. The maximum Gasteiger partial charge on any atom is 0.191 e. The average Bonchev–Trinajstić information content (AvgIpc) is 3.10. The Balaban J connectivity index is 1.73. The second-order valence-electron chi connectivity index (χ2n) is 4.71. The fourth-order valence-electron chi connectivity index (χ4n) is 2.07. The van der Waals surface area contributed by atoms with E-state index in [1.807, 2.05) is 37.3 Å². The van der Waals surface area contributed by atoms with Gasteiger partial charge in [-0.25, -0.2) is 4.98 Å². The summed E-state index contributed by atoms with van der Waals surface area (Å²) in [6.45, 7) is 3.92. The number of anilines is 1. The number of hydrogen-bond acceptors (Lipinski definition) is 4. The zero-order chi connectivity index (χ0) is 13.9. The molecule has 1 aromatic carbocycles. The van der Waals surface area contributed by atoms with Gasteiger partial charge in [-0.2, -0.15) is 5.10 Å². The topological polar surface area (TPSA) is 66.7 Å². The second-order valence-corrected chi connectivity index (χ2v) is 4.71. The normalized spacial score (nSPS) is 12.3. The maximum absolute atomic E-state index is 5.22. The molecule has 0 fully saturated rings. The molecule has 3 rings (SSSR count). The highest BCUT2D eigenvalue weighted by Crippen LogP contribution is 2.23. The number of aromatic nitrogens is 3. The van der Waals surface area contributed by atoms with Gasteiger partial charge in [-0.05, 0) is 25.1 Å². The molecule has 5 heteroatoms. The molecular weight excluding hydrogens is 252 g/mol. The largest absolute Gasteiger partial charge is 0.449 e. The highest BCUT2D eigenvalue weighted by atomic mass is 16.3. The molecule has 0 spiro atoms. The predicted molar refractivity (Wildman–Crippen MR) is 77.3 cm³/mol. The molecule has 0 aliphatic heterocycles. The van der Waals surface area contributed by atoms with E-state index in [1.54, 1.807) is 12.5 Å². The summed E-state index contributed by atoms with van der Waals surface area (Å²) in [6, 6.07) is 10.3. The number of rotatable bonds is 4. The van der Waals surface area contributed by atoms with Crippen LogP contribution in [0, 0.1) is 6.92 Å². The summed E-state index contributed by atoms with van der Waals surface area (Å²) < 4.78 is 5.22. The standard InChI is InChI=1S/C15H16N4O/c1-10(14-7-8-16-19-14)17-13-5-3-12(4-6-13)15-9-20-11(2)18-15/h3-10,17H,1-2H3,(H,16,19). The summed E-state index contributed by atoms with van der Waals surface area (Å²) in [5.74, 6) is 0.676. The number of oxazole rings is 1. The van der Waals surface area contributed by atoms with Crippen molar-refractivity contribution in [1.82, 2.24) is 15.2 Å². The Morgan fingerprint density at radius 2 is 2.00 bits per heavy atom. The summed E-state index contributed by atoms with van der Waals surface area (Å²) in [5.41, 5.74) is 4.01. The Labute approximate surface area is 117 Å². The summed E-state index contributed by atoms with van der Waals surface area (Å²) in [5, 5.41) is 10.3. The number of H-pyrrole nitrogens is 1. The van der Waals surface area contributed by atoms with Crippen molar-refractivity contribution in [2.45, 2.75) is 19.9 Å². The molecule has 20 heavy (non-hydrogen) atoms. The molecule has 0 amide bonds. The first-order valence-electron chi connectivity index (χ1n) is 6.51. The Morgan fingerprint density at radius 1 is 1.20 bits per heavy atom. The third-order valence-corrected chi connectivity index (χ3v) is 3.17. The lowest BCUT2D eigenvalue weighted by Crippen LogP contribution is -2.06. The fraction of sp³-hybridized carbons (Fsp3) is 0.200. The van der Waals surface area contributed by atoms with Gasteiger partial charge in [0, 0.05) is 24.4 Å². The van der Waals surface area contributed by atoms with Crippen molar-refractivity contribution >= 4 is 5.69 Å². The minimum atomic E-state index is 0.178. The quantitative estimate of drug-likeness (QED) is 0.759. The molecule has 1 atom stereocenters. The van der Waals surface area contributed by atoms with Crippen molar-refractivity contribution in [3.05, 3.63) is 54.4 Å². The number of nitrogens with one attached hydrogen (secondary N) is 2. The molecule has 0 saturated heterocycles. The maximum atomic E-state index is 5.22. The van der Waals surface area contributed by atoms with Crippen LogP contribution in [0.5, 0.6) is 0 Å². The summed E-state index contributed by atoms with van der Waals surface area (Å²) in [7, 11) is 0. The molecule has 0 saturated carbocycles. The molecule has 1 unspecified atom stereocenters. The van der Waals surface area contributed by atoms with Crippen LogP contribution in [0.3, 0.4) is 0 Å². The third-order valence-electron chi connectivity index (χ3n) is 3.17. The van der Waals surface area contributed by atoms with E-state index >= 15 is 0 Å². The lowest BCUT2D eigenvalue weighted by Gasteiger charge is -2.13. The van der Waals surface area contributed by atoms with Gasteiger partial charge in [-0.1, -0.05) is 12.1 Å². The van der Waals surface area contributed by atoms with Crippen LogP contribution in [0.4, 0.5) is 5.69 Å². The monoisotopic (exact) mass is 268 g/mol. The van der Waals surface area contributed by atoms with Crippen LogP contribution in [0.15, 0.2) is 47.2 Å². The minimum absolute atomic E-state index is 0.178. The first-order valence-corrected chi connectivity index (χ1v) is 6.51. The average molecular weight is 268 g/mol. The van der Waals surface area contributed by atoms with E-state index in [-0.39, 0.29) is 6.04 Å². The van der Waals surface area contributed by atoms with Crippen LogP contribution in [-0.4, -0.2) is 15.2 Å². The van der Waals surface area contributed by atoms with Gasteiger partial charge in [0.25, 0.3) is 0 Å². The van der Waals surface area contributed by atoms with Crippen LogP contribution >= 0.6 is 0 Å². The van der Waals surface area contributed by atoms with Crippen molar-refractivity contribution in [2.75, 3.05) is 5.32 Å². The SMILES string of the molecule is Cc1nc(-c2ccc(NC(C)c3ccn[nH]3)cc2)co1. The first-order chi connectivity index (χ1) is 9.72. The number of aromatic amines is 1. The fourth-order valence-corrected chi connectivity index (χ4v) is 2.07. The molecule has 0 radical (unpaired) electrons. The minimum Gasteiger partial charge on any atom is -0.449 e. The van der Waals surface area contributed by atoms with E-state index in [4.69, 9.17) is 4.42 Å². The highest BCUT2D eigenvalue weighted by Gasteiger charge is 2.07. The molecule has 2 aromatic heterocycles. The summed E-state index contributed by atoms with van der Waals surface area (Å²) in [6.07, 6.45) is 3.43. The van der Waals surface area contributed by atoms with E-state index < -0.39 is 0 Å². The van der Waals surface area contributed by atoms with Gasteiger partial charge in [0.15, 0.2) is 5.89 Å². The molecule has 0 aliphatic rings. The van der Waals surface area contributed by atoms with E-state index in [2.05, 4.69) is 27.4 Å². The van der Waals surface area contributed by atoms with Crippen molar-refractivity contribution in [2.24, 2.45) is 0 Å². The van der Waals surface area contributed by atoms with E-state index in [9.17, 15) is 0 Å². The molecule has 2 heterocycles. The van der Waals surface area contributed by atoms with Crippen molar-refractivity contribution in [3.8, 4) is 11.3 Å². The van der Waals surface area contributed by atoms with Gasteiger partial charge in [-0.3, -0.25) is 5.10 Å². The van der Waals surface area contributed by atoms with Crippen molar-refractivity contribution in [3.63, 3.8) is 0 Å². The first kappa shape index (κ1) is 12.5. The van der Waals surface area contributed by atoms with Gasteiger partial charge >= 0.3 is 0 Å². The third kappa shape index (κ3) is 2.56. The predicted octanol–water partition coefficient (Wildman–Crippen LogP) is 3.55. The van der Waals surface area contributed by atoms with Gasteiger partial charge in [0.1, 0.15) is 12.0 Å². The Kier molecular flexibility index (Phi) is 3.25. The van der Waals surface area contributed by atoms with Gasteiger partial charge < -0.3 is 9.73 Å². The number of hydrogen-bond donors (Lipinski definition) is 2. The zero-order valence-electron chi connectivity index (χ0n) is 11.4. The lowest BCUT2D eigenvalue weighted by atomic mass is 10.1. The van der Waals surface area contributed by atoms with E-state index in [0.29, 0.717) is 5.89 Å². The zero-order valence-corrected chi connectivity index (χ0v) is 11.4. The Morgan fingerprint density at radius 3 is 2.60 bits per heavy atom. The van der Waals surface area contributed by atoms with Gasteiger partial charge in [0.2, 0.25) is 0 Å². The lowest BCUT2D eigenvalue weighted by molar-refractivity contribution is 0.521.